The van der Waals surface area contributed by atoms with Gasteiger partial charge in [-0.3, -0.25) is 4.79 Å². The molecular weight excluding hydrogens is 375 g/mol. The molecular formula is C25H37BO4. The van der Waals surface area contributed by atoms with E-state index in [2.05, 4.69) is 45.9 Å². The first kappa shape index (κ1) is 21.9. The van der Waals surface area contributed by atoms with Crippen molar-refractivity contribution >= 4 is 18.6 Å². The monoisotopic (exact) mass is 412 g/mol. The molecule has 1 saturated heterocycles. The molecule has 1 heterocycles. The lowest BCUT2D eigenvalue weighted by Gasteiger charge is -2.38. The van der Waals surface area contributed by atoms with Gasteiger partial charge in [0.25, 0.3) is 0 Å². The standard InChI is InChI=1S/C25H37BO4/c1-22(2,3)28-21(27)17-10-13-25(14-11-17)15-12-18-16-19(8-9-20(18)25)26-29-23(4,5)24(6,7)30-26/h8-9,16-17H,10-15H2,1-7H3/t17-,25-. The molecule has 4 nitrogen and oxygen atoms in total. The van der Waals surface area contributed by atoms with Gasteiger partial charge >= 0.3 is 13.1 Å². The van der Waals surface area contributed by atoms with Crippen LogP contribution in [0.1, 0.15) is 91.7 Å². The highest BCUT2D eigenvalue weighted by Gasteiger charge is 2.52. The number of carbonyl (C=O) groups is 1. The Morgan fingerprint density at radius 1 is 1.03 bits per heavy atom. The van der Waals surface area contributed by atoms with Crippen molar-refractivity contribution in [1.82, 2.24) is 0 Å². The predicted molar refractivity (Wildman–Crippen MR) is 120 cm³/mol. The van der Waals surface area contributed by atoms with Gasteiger partial charge in [-0.15, -0.1) is 0 Å². The molecule has 0 radical (unpaired) electrons. The van der Waals surface area contributed by atoms with Crippen molar-refractivity contribution in [3.8, 4) is 0 Å². The first-order valence-electron chi connectivity index (χ1n) is 11.5. The number of carbonyl (C=O) groups excluding carboxylic acids is 1. The third-order valence-electron chi connectivity index (χ3n) is 7.78. The average molecular weight is 412 g/mol. The maximum atomic E-state index is 12.5. The van der Waals surface area contributed by atoms with Crippen molar-refractivity contribution in [2.24, 2.45) is 5.92 Å². The van der Waals surface area contributed by atoms with E-state index in [1.807, 2.05) is 20.8 Å². The van der Waals surface area contributed by atoms with Crippen LogP contribution in [0, 0.1) is 5.92 Å². The van der Waals surface area contributed by atoms with Crippen LogP contribution in [0.2, 0.25) is 0 Å². The predicted octanol–water partition coefficient (Wildman–Crippen LogP) is 4.70. The quantitative estimate of drug-likeness (QED) is 0.522. The van der Waals surface area contributed by atoms with Crippen molar-refractivity contribution < 1.29 is 18.8 Å². The van der Waals surface area contributed by atoms with Gasteiger partial charge in [-0.1, -0.05) is 18.2 Å². The molecule has 164 valence electrons. The summed E-state index contributed by atoms with van der Waals surface area (Å²) in [7, 11) is -0.306. The zero-order valence-electron chi connectivity index (χ0n) is 19.8. The van der Waals surface area contributed by atoms with Crippen molar-refractivity contribution in [2.75, 3.05) is 0 Å². The molecule has 0 N–H and O–H groups in total. The van der Waals surface area contributed by atoms with Gasteiger partial charge in [-0.05, 0) is 109 Å². The molecule has 1 aliphatic heterocycles. The van der Waals surface area contributed by atoms with E-state index in [9.17, 15) is 4.79 Å². The third kappa shape index (κ3) is 3.84. The van der Waals surface area contributed by atoms with Gasteiger partial charge in [0.1, 0.15) is 5.60 Å². The summed E-state index contributed by atoms with van der Waals surface area (Å²) in [6.45, 7) is 14.2. The number of esters is 1. The summed E-state index contributed by atoms with van der Waals surface area (Å²) in [6, 6.07) is 6.79. The SMILES string of the molecule is CC(C)(C)OC(=O)[C@H]1CC[C@@]2(CCc3cc(B4OC(C)(C)C(C)(C)O4)ccc32)CC1. The maximum absolute atomic E-state index is 12.5. The lowest BCUT2D eigenvalue weighted by molar-refractivity contribution is -0.161. The molecule has 0 amide bonds. The Kier molecular flexibility index (Phi) is 5.18. The number of aryl methyl sites for hydroxylation is 1. The highest BCUT2D eigenvalue weighted by atomic mass is 16.7. The van der Waals surface area contributed by atoms with Crippen LogP contribution in [0.4, 0.5) is 0 Å². The van der Waals surface area contributed by atoms with Crippen LogP contribution in [0.15, 0.2) is 18.2 Å². The van der Waals surface area contributed by atoms with Crippen LogP contribution in [0.3, 0.4) is 0 Å². The van der Waals surface area contributed by atoms with Gasteiger partial charge in [-0.2, -0.15) is 0 Å². The summed E-state index contributed by atoms with van der Waals surface area (Å²) in [6.07, 6.45) is 6.26. The van der Waals surface area contributed by atoms with Crippen LogP contribution in [-0.2, 0) is 30.7 Å². The minimum absolute atomic E-state index is 0.0216. The molecule has 1 aromatic carbocycles. The Morgan fingerprint density at radius 3 is 2.20 bits per heavy atom. The van der Waals surface area contributed by atoms with Gasteiger partial charge < -0.3 is 14.0 Å². The molecule has 0 atom stereocenters. The summed E-state index contributed by atoms with van der Waals surface area (Å²) in [4.78, 5) is 12.5. The fourth-order valence-electron chi connectivity index (χ4n) is 5.28. The normalized spacial score (nSPS) is 29.8. The van der Waals surface area contributed by atoms with Gasteiger partial charge in [-0.25, -0.2) is 0 Å². The summed E-state index contributed by atoms with van der Waals surface area (Å²) < 4.78 is 18.1. The van der Waals surface area contributed by atoms with Gasteiger partial charge in [0, 0.05) is 0 Å². The second-order valence-electron chi connectivity index (χ2n) is 11.6. The van der Waals surface area contributed by atoms with E-state index in [0.717, 1.165) is 37.6 Å². The Bertz CT molecular complexity index is 812. The zero-order chi connectivity index (χ0) is 21.9. The van der Waals surface area contributed by atoms with Gasteiger partial charge in [0.05, 0.1) is 17.1 Å². The van der Waals surface area contributed by atoms with Gasteiger partial charge in [0.15, 0.2) is 0 Å². The molecule has 5 heteroatoms. The molecule has 1 spiro atoms. The highest BCUT2D eigenvalue weighted by molar-refractivity contribution is 6.62. The first-order valence-corrected chi connectivity index (χ1v) is 11.5. The molecule has 3 aliphatic rings. The van der Waals surface area contributed by atoms with E-state index >= 15 is 0 Å². The number of fused-ring (bicyclic) bond motifs is 2. The number of rotatable bonds is 2. The Labute approximate surface area is 182 Å². The number of hydrogen-bond acceptors (Lipinski definition) is 4. The van der Waals surface area contributed by atoms with Crippen LogP contribution >= 0.6 is 0 Å². The largest absolute Gasteiger partial charge is 0.494 e. The number of ether oxygens (including phenoxy) is 1. The van der Waals surface area contributed by atoms with Crippen molar-refractivity contribution in [3.63, 3.8) is 0 Å². The van der Waals surface area contributed by atoms with Crippen LogP contribution in [0.5, 0.6) is 0 Å². The minimum atomic E-state index is -0.407. The van der Waals surface area contributed by atoms with E-state index < -0.39 is 5.60 Å². The second kappa shape index (κ2) is 7.10. The average Bonchev–Trinajstić information content (AvgIpc) is 3.08. The Morgan fingerprint density at radius 2 is 1.63 bits per heavy atom. The molecule has 30 heavy (non-hydrogen) atoms. The highest BCUT2D eigenvalue weighted by Crippen LogP contribution is 2.50. The van der Waals surface area contributed by atoms with Crippen LogP contribution < -0.4 is 5.46 Å². The molecule has 2 aliphatic carbocycles. The molecule has 1 aromatic rings. The topological polar surface area (TPSA) is 44.8 Å². The second-order valence-corrected chi connectivity index (χ2v) is 11.6. The summed E-state index contributed by atoms with van der Waals surface area (Å²) in [5.74, 6) is 0.0228. The van der Waals surface area contributed by atoms with E-state index in [1.54, 1.807) is 0 Å². The fraction of sp³-hybridized carbons (Fsp3) is 0.720. The maximum Gasteiger partial charge on any atom is 0.494 e. The van der Waals surface area contributed by atoms with E-state index in [-0.39, 0.29) is 35.6 Å². The van der Waals surface area contributed by atoms with E-state index in [0.29, 0.717) is 0 Å². The number of hydrogen-bond donors (Lipinski definition) is 0. The molecule has 1 saturated carbocycles. The first-order chi connectivity index (χ1) is 13.8. The van der Waals surface area contributed by atoms with Crippen molar-refractivity contribution in [1.29, 1.82) is 0 Å². The van der Waals surface area contributed by atoms with Crippen LogP contribution in [0.25, 0.3) is 0 Å². The zero-order valence-corrected chi connectivity index (χ0v) is 19.8. The molecule has 2 fully saturated rings. The number of benzene rings is 1. The van der Waals surface area contributed by atoms with Crippen LogP contribution in [-0.4, -0.2) is 29.9 Å². The smallest absolute Gasteiger partial charge is 0.460 e. The summed E-state index contributed by atoms with van der Waals surface area (Å²) >= 11 is 0. The fourth-order valence-corrected chi connectivity index (χ4v) is 5.28. The molecule has 0 bridgehead atoms. The third-order valence-corrected chi connectivity index (χ3v) is 7.78. The Balaban J connectivity index is 1.47. The Hall–Kier alpha value is -1.33. The summed E-state index contributed by atoms with van der Waals surface area (Å²) in [5, 5.41) is 0. The lowest BCUT2D eigenvalue weighted by atomic mass is 9.67. The summed E-state index contributed by atoms with van der Waals surface area (Å²) in [5.41, 5.74) is 3.20. The van der Waals surface area contributed by atoms with E-state index in [4.69, 9.17) is 14.0 Å². The molecule has 4 rings (SSSR count). The van der Waals surface area contributed by atoms with Crippen molar-refractivity contribution in [3.05, 3.63) is 29.3 Å². The molecule has 0 unspecified atom stereocenters. The van der Waals surface area contributed by atoms with E-state index in [1.165, 1.54) is 17.5 Å². The van der Waals surface area contributed by atoms with Crippen molar-refractivity contribution in [2.45, 2.75) is 109 Å². The minimum Gasteiger partial charge on any atom is -0.460 e. The molecule has 0 aromatic heterocycles. The van der Waals surface area contributed by atoms with Gasteiger partial charge in [0.2, 0.25) is 0 Å². The lowest BCUT2D eigenvalue weighted by Crippen LogP contribution is -2.41.